The summed E-state index contributed by atoms with van der Waals surface area (Å²) in [5.41, 5.74) is 1.49. The molecule has 0 radical (unpaired) electrons. The fourth-order valence-electron chi connectivity index (χ4n) is 2.98. The van der Waals surface area contributed by atoms with E-state index in [4.69, 9.17) is 14.2 Å². The molecule has 3 aromatic rings. The molecule has 0 spiro atoms. The molecule has 0 fully saturated rings. The molecule has 2 aromatic carbocycles. The second-order valence-electron chi connectivity index (χ2n) is 6.81. The number of thioether (sulfide) groups is 1. The number of rotatable bonds is 8. The van der Waals surface area contributed by atoms with Crippen molar-refractivity contribution in [3.63, 3.8) is 0 Å². The highest BCUT2D eigenvalue weighted by atomic mass is 32.2. The largest absolute Gasteiger partial charge is 0.493 e. The van der Waals surface area contributed by atoms with Gasteiger partial charge in [-0.05, 0) is 24.3 Å². The molecule has 8 heteroatoms. The average Bonchev–Trinajstić information content (AvgIpc) is 3.06. The summed E-state index contributed by atoms with van der Waals surface area (Å²) in [6.45, 7) is 5.36. The molecule has 1 amide bonds. The summed E-state index contributed by atoms with van der Waals surface area (Å²) in [7, 11) is 4.86. The van der Waals surface area contributed by atoms with E-state index >= 15 is 0 Å². The molecule has 0 atom stereocenters. The predicted molar refractivity (Wildman–Crippen MR) is 122 cm³/mol. The number of methoxy groups -OCH3 is 3. The van der Waals surface area contributed by atoms with Crippen molar-refractivity contribution in [2.75, 3.05) is 27.9 Å². The number of fused-ring (bicyclic) bond motifs is 1. The van der Waals surface area contributed by atoms with Crippen molar-refractivity contribution >= 4 is 39.2 Å². The lowest BCUT2D eigenvalue weighted by Crippen LogP contribution is -2.19. The molecule has 0 N–H and O–H groups in total. The van der Waals surface area contributed by atoms with E-state index in [0.29, 0.717) is 40.3 Å². The summed E-state index contributed by atoms with van der Waals surface area (Å²) in [6.07, 6.45) is 0. The number of aromatic nitrogens is 1. The molecule has 0 unspecified atom stereocenters. The number of carbonyl (C=O) groups excluding carboxylic acids is 1. The Morgan fingerprint density at radius 3 is 2.37 bits per heavy atom. The lowest BCUT2D eigenvalue weighted by atomic mass is 10.2. The third-order valence-electron chi connectivity index (χ3n) is 4.38. The van der Waals surface area contributed by atoms with Crippen LogP contribution in [0.5, 0.6) is 11.5 Å². The van der Waals surface area contributed by atoms with E-state index in [2.05, 4.69) is 18.8 Å². The Morgan fingerprint density at radius 1 is 1.10 bits per heavy atom. The average molecular weight is 447 g/mol. The van der Waals surface area contributed by atoms with Crippen LogP contribution in [0.15, 0.2) is 46.3 Å². The highest BCUT2D eigenvalue weighted by molar-refractivity contribution is 7.99. The smallest absolute Gasteiger partial charge is 0.279 e. The Labute approximate surface area is 184 Å². The van der Waals surface area contributed by atoms with E-state index < -0.39 is 0 Å². The van der Waals surface area contributed by atoms with Gasteiger partial charge in [-0.25, -0.2) is 0 Å². The maximum Gasteiger partial charge on any atom is 0.279 e. The Kier molecular flexibility index (Phi) is 7.58. The van der Waals surface area contributed by atoms with Crippen LogP contribution in [0.4, 0.5) is 0 Å². The van der Waals surface area contributed by atoms with Gasteiger partial charge in [0, 0.05) is 41.5 Å². The number of hydrogen-bond acceptors (Lipinski definition) is 6. The first-order valence-corrected chi connectivity index (χ1v) is 11.3. The SMILES string of the molecule is COCCn1c(=NC(=O)c2ccc(SC(C)C)cc2)sc2cc(OC)c(OC)cc21. The Morgan fingerprint density at radius 2 is 1.77 bits per heavy atom. The van der Waals surface area contributed by atoms with Crippen LogP contribution in [0, 0.1) is 0 Å². The van der Waals surface area contributed by atoms with Crippen LogP contribution in [0.25, 0.3) is 10.2 Å². The fraction of sp³-hybridized carbons (Fsp3) is 0.364. The van der Waals surface area contributed by atoms with Gasteiger partial charge in [0.15, 0.2) is 16.3 Å². The molecule has 0 saturated carbocycles. The molecule has 1 heterocycles. The normalized spacial score (nSPS) is 12.0. The van der Waals surface area contributed by atoms with E-state index in [9.17, 15) is 4.79 Å². The Hall–Kier alpha value is -2.29. The first-order valence-electron chi connectivity index (χ1n) is 9.57. The minimum atomic E-state index is -0.271. The van der Waals surface area contributed by atoms with Crippen LogP contribution < -0.4 is 14.3 Å². The third-order valence-corrected chi connectivity index (χ3v) is 6.43. The van der Waals surface area contributed by atoms with Gasteiger partial charge in [-0.2, -0.15) is 4.99 Å². The van der Waals surface area contributed by atoms with Crippen molar-refractivity contribution < 1.29 is 19.0 Å². The molecule has 3 rings (SSSR count). The summed E-state index contributed by atoms with van der Waals surface area (Å²) in [5, 5.41) is 0.489. The van der Waals surface area contributed by atoms with E-state index in [0.717, 1.165) is 15.1 Å². The van der Waals surface area contributed by atoms with Crippen LogP contribution in [-0.2, 0) is 11.3 Å². The van der Waals surface area contributed by atoms with E-state index in [1.165, 1.54) is 11.3 Å². The summed E-state index contributed by atoms with van der Waals surface area (Å²) in [4.78, 5) is 19.0. The van der Waals surface area contributed by atoms with Crippen LogP contribution in [0.1, 0.15) is 24.2 Å². The number of carbonyl (C=O) groups is 1. The minimum absolute atomic E-state index is 0.271. The Bertz CT molecular complexity index is 1080. The van der Waals surface area contributed by atoms with Gasteiger partial charge in [0.1, 0.15) is 0 Å². The van der Waals surface area contributed by atoms with Gasteiger partial charge in [-0.1, -0.05) is 25.2 Å². The van der Waals surface area contributed by atoms with Crippen LogP contribution in [-0.4, -0.2) is 43.7 Å². The molecule has 0 saturated heterocycles. The Balaban J connectivity index is 2.04. The molecule has 6 nitrogen and oxygen atoms in total. The van der Waals surface area contributed by atoms with Gasteiger partial charge >= 0.3 is 0 Å². The molecule has 0 bridgehead atoms. The van der Waals surface area contributed by atoms with E-state index in [-0.39, 0.29) is 5.91 Å². The van der Waals surface area contributed by atoms with Crippen molar-refractivity contribution in [3.05, 3.63) is 46.8 Å². The summed E-state index contributed by atoms with van der Waals surface area (Å²) in [5.74, 6) is 0.999. The molecule has 0 aliphatic heterocycles. The fourth-order valence-corrected chi connectivity index (χ4v) is 4.88. The van der Waals surface area contributed by atoms with Crippen LogP contribution in [0.2, 0.25) is 0 Å². The molecule has 1 aromatic heterocycles. The van der Waals surface area contributed by atoms with Gasteiger partial charge in [0.2, 0.25) is 0 Å². The maximum absolute atomic E-state index is 12.8. The highest BCUT2D eigenvalue weighted by Gasteiger charge is 2.14. The van der Waals surface area contributed by atoms with Crippen molar-refractivity contribution in [2.24, 2.45) is 4.99 Å². The highest BCUT2D eigenvalue weighted by Crippen LogP contribution is 2.33. The molecule has 0 aliphatic carbocycles. The topological polar surface area (TPSA) is 62.1 Å². The number of amides is 1. The van der Waals surface area contributed by atoms with Crippen LogP contribution in [0.3, 0.4) is 0 Å². The van der Waals surface area contributed by atoms with Gasteiger partial charge in [-0.3, -0.25) is 4.79 Å². The standard InChI is InChI=1S/C22H26N2O4S2/c1-14(2)29-16-8-6-15(7-9-16)21(25)23-22-24(10-11-26-3)17-12-18(27-4)19(28-5)13-20(17)30-22/h6-9,12-14H,10-11H2,1-5H3. The number of ether oxygens (including phenoxy) is 3. The van der Waals surface area contributed by atoms with Gasteiger partial charge in [-0.15, -0.1) is 11.8 Å². The minimum Gasteiger partial charge on any atom is -0.493 e. The lowest BCUT2D eigenvalue weighted by Gasteiger charge is -2.09. The molecule has 0 aliphatic rings. The first-order chi connectivity index (χ1) is 14.5. The van der Waals surface area contributed by atoms with E-state index in [1.807, 2.05) is 41.0 Å². The molecule has 160 valence electrons. The second kappa shape index (κ2) is 10.1. The zero-order valence-electron chi connectivity index (χ0n) is 17.8. The zero-order chi connectivity index (χ0) is 21.7. The number of nitrogens with zero attached hydrogens (tertiary/aromatic N) is 2. The molecular formula is C22H26N2O4S2. The van der Waals surface area contributed by atoms with Gasteiger partial charge in [0.05, 0.1) is 31.0 Å². The predicted octanol–water partition coefficient (Wildman–Crippen LogP) is 4.61. The third kappa shape index (κ3) is 5.06. The lowest BCUT2D eigenvalue weighted by molar-refractivity contribution is 0.0997. The van der Waals surface area contributed by atoms with Crippen molar-refractivity contribution in [2.45, 2.75) is 30.5 Å². The van der Waals surface area contributed by atoms with Crippen molar-refractivity contribution in [1.29, 1.82) is 0 Å². The number of thiazole rings is 1. The number of benzene rings is 2. The summed E-state index contributed by atoms with van der Waals surface area (Å²) >= 11 is 3.20. The van der Waals surface area contributed by atoms with Crippen LogP contribution >= 0.6 is 23.1 Å². The quantitative estimate of drug-likeness (QED) is 0.473. The summed E-state index contributed by atoms with van der Waals surface area (Å²) in [6, 6.07) is 11.4. The maximum atomic E-state index is 12.8. The van der Waals surface area contributed by atoms with E-state index in [1.54, 1.807) is 33.1 Å². The summed E-state index contributed by atoms with van der Waals surface area (Å²) < 4.78 is 19.0. The molecule has 30 heavy (non-hydrogen) atoms. The van der Waals surface area contributed by atoms with Gasteiger partial charge in [0.25, 0.3) is 5.91 Å². The number of hydrogen-bond donors (Lipinski definition) is 0. The van der Waals surface area contributed by atoms with Crippen molar-refractivity contribution in [1.82, 2.24) is 4.57 Å². The molecular weight excluding hydrogens is 420 g/mol. The monoisotopic (exact) mass is 446 g/mol. The first kappa shape index (κ1) is 22.4. The van der Waals surface area contributed by atoms with Crippen molar-refractivity contribution in [3.8, 4) is 11.5 Å². The van der Waals surface area contributed by atoms with Gasteiger partial charge < -0.3 is 18.8 Å². The second-order valence-corrected chi connectivity index (χ2v) is 9.47. The zero-order valence-corrected chi connectivity index (χ0v) is 19.4.